The van der Waals surface area contributed by atoms with E-state index in [0.29, 0.717) is 18.2 Å². The Labute approximate surface area is 87.4 Å². The number of carbonyl (C=O) groups excluding carboxylic acids is 1. The van der Waals surface area contributed by atoms with Crippen LogP contribution < -0.4 is 5.32 Å². The topological polar surface area (TPSA) is 66.4 Å². The molecule has 0 spiro atoms. The van der Waals surface area contributed by atoms with Crippen molar-refractivity contribution in [3.05, 3.63) is 0 Å². The predicted octanol–water partition coefficient (Wildman–Crippen LogP) is 0.575. The highest BCUT2D eigenvalue weighted by molar-refractivity contribution is 7.99. The number of nitrogens with one attached hydrogen (secondary N) is 1. The first-order valence-electron chi connectivity index (χ1n) is 4.59. The van der Waals surface area contributed by atoms with Gasteiger partial charge in [-0.1, -0.05) is 6.92 Å². The van der Waals surface area contributed by atoms with Crippen LogP contribution in [-0.4, -0.2) is 35.0 Å². The van der Waals surface area contributed by atoms with Crippen molar-refractivity contribution in [2.24, 2.45) is 11.8 Å². The van der Waals surface area contributed by atoms with E-state index in [9.17, 15) is 9.59 Å². The summed E-state index contributed by atoms with van der Waals surface area (Å²) in [7, 11) is 0. The Morgan fingerprint density at radius 3 is 2.64 bits per heavy atom. The molecule has 0 aliphatic heterocycles. The van der Waals surface area contributed by atoms with Gasteiger partial charge in [-0.15, -0.1) is 0 Å². The summed E-state index contributed by atoms with van der Waals surface area (Å²) in [4.78, 5) is 21.8. The predicted molar refractivity (Wildman–Crippen MR) is 55.2 cm³/mol. The summed E-state index contributed by atoms with van der Waals surface area (Å²) in [6, 6.07) is 0. The first kappa shape index (κ1) is 11.4. The molecule has 0 aromatic rings. The number of carbonyl (C=O) groups is 2. The highest BCUT2D eigenvalue weighted by Crippen LogP contribution is 2.38. The summed E-state index contributed by atoms with van der Waals surface area (Å²) in [5, 5.41) is 11.7. The van der Waals surface area contributed by atoms with Crippen molar-refractivity contribution in [3.8, 4) is 0 Å². The van der Waals surface area contributed by atoms with Gasteiger partial charge < -0.3 is 10.4 Å². The lowest BCUT2D eigenvalue weighted by atomic mass is 10.3. The van der Waals surface area contributed by atoms with Crippen LogP contribution in [0.15, 0.2) is 0 Å². The Balaban J connectivity index is 2.21. The zero-order chi connectivity index (χ0) is 10.7. The van der Waals surface area contributed by atoms with Crippen molar-refractivity contribution in [1.82, 2.24) is 5.32 Å². The van der Waals surface area contributed by atoms with Crippen molar-refractivity contribution in [1.29, 1.82) is 0 Å². The number of thioether (sulfide) groups is 1. The number of aliphatic carboxylic acids is 1. The molecule has 0 bridgehead atoms. The molecule has 80 valence electrons. The molecule has 0 heterocycles. The maximum atomic E-state index is 11.4. The normalized spacial score (nSPS) is 26.7. The van der Waals surface area contributed by atoms with Crippen LogP contribution in [0.2, 0.25) is 0 Å². The van der Waals surface area contributed by atoms with Gasteiger partial charge in [-0.3, -0.25) is 9.59 Å². The molecule has 1 fully saturated rings. The third-order valence-electron chi connectivity index (χ3n) is 2.41. The van der Waals surface area contributed by atoms with Gasteiger partial charge in [0.15, 0.2) is 0 Å². The van der Waals surface area contributed by atoms with Crippen LogP contribution >= 0.6 is 11.8 Å². The van der Waals surface area contributed by atoms with Gasteiger partial charge in [0.1, 0.15) is 0 Å². The van der Waals surface area contributed by atoms with E-state index in [4.69, 9.17) is 5.11 Å². The Morgan fingerprint density at radius 2 is 2.21 bits per heavy atom. The quantitative estimate of drug-likeness (QED) is 0.706. The molecule has 4 nitrogen and oxygen atoms in total. The fourth-order valence-electron chi connectivity index (χ4n) is 1.22. The average molecular weight is 217 g/mol. The van der Waals surface area contributed by atoms with Gasteiger partial charge in [0, 0.05) is 11.8 Å². The minimum atomic E-state index is -0.858. The average Bonchev–Trinajstić information content (AvgIpc) is 2.92. The van der Waals surface area contributed by atoms with Crippen LogP contribution in [0.4, 0.5) is 0 Å². The molecule has 1 unspecified atom stereocenters. The second-order valence-corrected chi connectivity index (χ2v) is 4.85. The number of carboxylic acids is 1. The molecule has 3 atom stereocenters. The van der Waals surface area contributed by atoms with Gasteiger partial charge in [-0.2, -0.15) is 11.8 Å². The Morgan fingerprint density at radius 1 is 1.57 bits per heavy atom. The van der Waals surface area contributed by atoms with E-state index in [0.717, 1.165) is 0 Å². The maximum absolute atomic E-state index is 11.4. The standard InChI is InChI=1S/C9H15NO3S/c1-5(14-2)4-10-8(11)6-3-7(6)9(12)13/h5-7H,3-4H2,1-2H3,(H,10,11)(H,12,13)/t5?,6-,7+/m1/s1. The summed E-state index contributed by atoms with van der Waals surface area (Å²) in [6.45, 7) is 2.63. The summed E-state index contributed by atoms with van der Waals surface area (Å²) in [5.74, 6) is -1.71. The van der Waals surface area contributed by atoms with E-state index in [1.54, 1.807) is 11.8 Å². The summed E-state index contributed by atoms with van der Waals surface area (Å²) >= 11 is 1.67. The molecule has 0 radical (unpaired) electrons. The zero-order valence-electron chi connectivity index (χ0n) is 8.32. The molecule has 14 heavy (non-hydrogen) atoms. The fourth-order valence-corrected chi connectivity index (χ4v) is 1.47. The van der Waals surface area contributed by atoms with Crippen LogP contribution in [0.5, 0.6) is 0 Å². The highest BCUT2D eigenvalue weighted by Gasteiger charge is 2.48. The minimum absolute atomic E-state index is 0.113. The van der Waals surface area contributed by atoms with E-state index in [-0.39, 0.29) is 11.8 Å². The second kappa shape index (κ2) is 4.68. The summed E-state index contributed by atoms with van der Waals surface area (Å²) in [5.41, 5.74) is 0. The first-order valence-corrected chi connectivity index (χ1v) is 5.88. The zero-order valence-corrected chi connectivity index (χ0v) is 9.13. The molecule has 0 saturated heterocycles. The number of hydrogen-bond acceptors (Lipinski definition) is 3. The SMILES string of the molecule is CSC(C)CNC(=O)[C@@H]1C[C@@H]1C(=O)O. The maximum Gasteiger partial charge on any atom is 0.307 e. The van der Waals surface area contributed by atoms with Gasteiger partial charge >= 0.3 is 5.97 Å². The number of hydrogen-bond donors (Lipinski definition) is 2. The van der Waals surface area contributed by atoms with Crippen LogP contribution in [0.25, 0.3) is 0 Å². The fraction of sp³-hybridized carbons (Fsp3) is 0.778. The van der Waals surface area contributed by atoms with Gasteiger partial charge in [-0.25, -0.2) is 0 Å². The van der Waals surface area contributed by atoms with Gasteiger partial charge in [-0.05, 0) is 12.7 Å². The van der Waals surface area contributed by atoms with E-state index < -0.39 is 11.9 Å². The lowest BCUT2D eigenvalue weighted by molar-refractivity contribution is -0.140. The third kappa shape index (κ3) is 2.90. The first-order chi connectivity index (χ1) is 6.56. The van der Waals surface area contributed by atoms with Crippen LogP contribution in [0.1, 0.15) is 13.3 Å². The van der Waals surface area contributed by atoms with Gasteiger partial charge in [0.05, 0.1) is 11.8 Å². The van der Waals surface area contributed by atoms with Gasteiger partial charge in [0.25, 0.3) is 0 Å². The van der Waals surface area contributed by atoms with Crippen molar-refractivity contribution in [3.63, 3.8) is 0 Å². The molecule has 0 aromatic carbocycles. The lowest BCUT2D eigenvalue weighted by Gasteiger charge is -2.09. The molecule has 2 N–H and O–H groups in total. The van der Waals surface area contributed by atoms with Crippen molar-refractivity contribution in [2.75, 3.05) is 12.8 Å². The van der Waals surface area contributed by atoms with Gasteiger partial charge in [0.2, 0.25) is 5.91 Å². The summed E-state index contributed by atoms with van der Waals surface area (Å²) in [6.07, 6.45) is 2.48. The Kier molecular flexibility index (Phi) is 3.80. The van der Waals surface area contributed by atoms with Crippen LogP contribution in [0, 0.1) is 11.8 Å². The number of rotatable bonds is 5. The molecule has 5 heteroatoms. The van der Waals surface area contributed by atoms with E-state index >= 15 is 0 Å². The number of carboxylic acid groups (broad SMARTS) is 1. The molecule has 1 aliphatic carbocycles. The van der Waals surface area contributed by atoms with Crippen molar-refractivity contribution >= 4 is 23.6 Å². The molecular weight excluding hydrogens is 202 g/mol. The molecule has 1 rings (SSSR count). The molecule has 0 aromatic heterocycles. The van der Waals surface area contributed by atoms with E-state index in [1.807, 2.05) is 13.2 Å². The summed E-state index contributed by atoms with van der Waals surface area (Å²) < 4.78 is 0. The largest absolute Gasteiger partial charge is 0.481 e. The van der Waals surface area contributed by atoms with Crippen molar-refractivity contribution in [2.45, 2.75) is 18.6 Å². The molecule has 1 amide bonds. The molecular formula is C9H15NO3S. The Bertz CT molecular complexity index is 244. The minimum Gasteiger partial charge on any atom is -0.481 e. The molecule has 1 saturated carbocycles. The lowest BCUT2D eigenvalue weighted by Crippen LogP contribution is -2.31. The Hall–Kier alpha value is -0.710. The number of amides is 1. The van der Waals surface area contributed by atoms with E-state index in [1.165, 1.54) is 0 Å². The van der Waals surface area contributed by atoms with E-state index in [2.05, 4.69) is 5.32 Å². The smallest absolute Gasteiger partial charge is 0.307 e. The highest BCUT2D eigenvalue weighted by atomic mass is 32.2. The molecule has 1 aliphatic rings. The monoisotopic (exact) mass is 217 g/mol. The third-order valence-corrected chi connectivity index (χ3v) is 3.38. The van der Waals surface area contributed by atoms with Crippen LogP contribution in [0.3, 0.4) is 0 Å². The van der Waals surface area contributed by atoms with Crippen molar-refractivity contribution < 1.29 is 14.7 Å². The second-order valence-electron chi connectivity index (χ2n) is 3.58. The van der Waals surface area contributed by atoms with Crippen LogP contribution in [-0.2, 0) is 9.59 Å².